The van der Waals surface area contributed by atoms with Gasteiger partial charge in [0.1, 0.15) is 6.61 Å². The summed E-state index contributed by atoms with van der Waals surface area (Å²) < 4.78 is 21.8. The number of unbranched alkanes of at least 4 members (excludes halogenated alkanes) is 1. The molecule has 1 rings (SSSR count). The minimum atomic E-state index is -0.434. The Morgan fingerprint density at radius 3 is 2.33 bits per heavy atom. The van der Waals surface area contributed by atoms with Crippen LogP contribution in [0, 0.1) is 0 Å². The molecule has 12 heteroatoms. The zero-order valence-electron chi connectivity index (χ0n) is 21.6. The van der Waals surface area contributed by atoms with Gasteiger partial charge in [-0.05, 0) is 43.5 Å². The highest BCUT2D eigenvalue weighted by atomic mass is 33.1. The number of azide groups is 1. The number of carbonyl (C=O) groups is 1. The number of aliphatic hydroxyl groups is 1. The van der Waals surface area contributed by atoms with Crippen LogP contribution in [0.4, 0.5) is 10.5 Å². The molecule has 1 aromatic carbocycles. The summed E-state index contributed by atoms with van der Waals surface area (Å²) in [5.41, 5.74) is 9.63. The molecule has 0 heterocycles. The van der Waals surface area contributed by atoms with Crippen LogP contribution in [0.25, 0.3) is 10.4 Å². The SMILES string of the molecule is CCCCSSC(C)(C)COC(=O)N(CCOCCOCCOCCN=[N+]=[N-])c1ccc(CO)cc1. The largest absolute Gasteiger partial charge is 0.448 e. The molecule has 204 valence electrons. The number of amides is 1. The number of hydrogen-bond donors (Lipinski definition) is 1. The van der Waals surface area contributed by atoms with Crippen molar-refractivity contribution in [2.75, 3.05) is 70.0 Å². The topological polar surface area (TPSA) is 126 Å². The van der Waals surface area contributed by atoms with E-state index in [2.05, 4.69) is 30.8 Å². The van der Waals surface area contributed by atoms with Gasteiger partial charge in [-0.25, -0.2) is 4.79 Å². The first-order valence-electron chi connectivity index (χ1n) is 12.1. The molecule has 0 spiro atoms. The van der Waals surface area contributed by atoms with Crippen LogP contribution in [-0.4, -0.2) is 81.0 Å². The third kappa shape index (κ3) is 15.5. The van der Waals surface area contributed by atoms with Gasteiger partial charge < -0.3 is 24.1 Å². The van der Waals surface area contributed by atoms with Crippen LogP contribution in [0.5, 0.6) is 0 Å². The molecule has 0 atom stereocenters. The van der Waals surface area contributed by atoms with Gasteiger partial charge in [0.2, 0.25) is 0 Å². The van der Waals surface area contributed by atoms with E-state index < -0.39 is 6.09 Å². The molecule has 0 aliphatic rings. The highest BCUT2D eigenvalue weighted by Gasteiger charge is 2.24. The summed E-state index contributed by atoms with van der Waals surface area (Å²) in [6.07, 6.45) is 1.90. The quantitative estimate of drug-likeness (QED) is 0.0712. The van der Waals surface area contributed by atoms with Crippen LogP contribution in [0.1, 0.15) is 39.2 Å². The highest BCUT2D eigenvalue weighted by Crippen LogP contribution is 2.36. The Balaban J connectivity index is 2.45. The van der Waals surface area contributed by atoms with Crippen LogP contribution in [0.3, 0.4) is 0 Å². The van der Waals surface area contributed by atoms with Gasteiger partial charge in [0.15, 0.2) is 0 Å². The maximum absolute atomic E-state index is 13.0. The van der Waals surface area contributed by atoms with Crippen molar-refractivity contribution in [1.29, 1.82) is 0 Å². The van der Waals surface area contributed by atoms with Crippen LogP contribution in [0.2, 0.25) is 0 Å². The summed E-state index contributed by atoms with van der Waals surface area (Å²) in [5.74, 6) is 1.08. The maximum atomic E-state index is 13.0. The van der Waals surface area contributed by atoms with E-state index in [1.54, 1.807) is 40.0 Å². The number of rotatable bonds is 21. The molecular weight excluding hydrogens is 504 g/mol. The molecule has 0 aliphatic carbocycles. The number of benzene rings is 1. The zero-order chi connectivity index (χ0) is 26.5. The Bertz CT molecular complexity index is 763. The smallest absolute Gasteiger partial charge is 0.414 e. The first kappa shape index (κ1) is 32.4. The average Bonchev–Trinajstić information content (AvgIpc) is 2.88. The number of carbonyl (C=O) groups excluding carboxylic acids is 1. The summed E-state index contributed by atoms with van der Waals surface area (Å²) in [6.45, 7) is 9.44. The number of hydrogen-bond acceptors (Lipinski definition) is 9. The van der Waals surface area contributed by atoms with Gasteiger partial charge in [-0.2, -0.15) is 0 Å². The highest BCUT2D eigenvalue weighted by molar-refractivity contribution is 8.77. The van der Waals surface area contributed by atoms with Crippen molar-refractivity contribution in [3.05, 3.63) is 40.3 Å². The van der Waals surface area contributed by atoms with Gasteiger partial charge in [-0.15, -0.1) is 0 Å². The molecule has 1 N–H and O–H groups in total. The Kier molecular flexibility index (Phi) is 18.3. The fourth-order valence-electron chi connectivity index (χ4n) is 2.70. The van der Waals surface area contributed by atoms with E-state index in [4.69, 9.17) is 24.5 Å². The van der Waals surface area contributed by atoms with Gasteiger partial charge in [0.05, 0.1) is 57.5 Å². The molecule has 0 aliphatic heterocycles. The minimum Gasteiger partial charge on any atom is -0.448 e. The van der Waals surface area contributed by atoms with Gasteiger partial charge in [0, 0.05) is 22.9 Å². The number of ether oxygens (including phenoxy) is 4. The maximum Gasteiger partial charge on any atom is 0.414 e. The van der Waals surface area contributed by atoms with Crippen molar-refractivity contribution in [3.8, 4) is 0 Å². The predicted octanol–water partition coefficient (Wildman–Crippen LogP) is 5.44. The fourth-order valence-corrected chi connectivity index (χ4v) is 5.32. The Morgan fingerprint density at radius 2 is 1.72 bits per heavy atom. The lowest BCUT2D eigenvalue weighted by Crippen LogP contribution is -2.37. The second kappa shape index (κ2) is 20.4. The molecular formula is C24H40N4O6S2. The van der Waals surface area contributed by atoms with Crippen molar-refractivity contribution < 1.29 is 28.8 Å². The molecule has 0 radical (unpaired) electrons. The molecule has 1 aromatic rings. The van der Waals surface area contributed by atoms with Crippen molar-refractivity contribution in [1.82, 2.24) is 0 Å². The van der Waals surface area contributed by atoms with E-state index >= 15 is 0 Å². The molecule has 0 aromatic heterocycles. The summed E-state index contributed by atoms with van der Waals surface area (Å²) in [7, 11) is 3.54. The predicted molar refractivity (Wildman–Crippen MR) is 147 cm³/mol. The second-order valence-corrected chi connectivity index (χ2v) is 11.5. The standard InChI is InChI=1S/C24H40N4O6S2/c1-4-5-18-35-36-24(2,3)20-34-23(30)28(22-8-6-21(19-29)7-9-22)11-13-32-15-17-33-16-14-31-12-10-26-27-25/h6-9,29H,4-5,10-20H2,1-3H3. The van der Waals surface area contributed by atoms with E-state index in [1.165, 1.54) is 6.42 Å². The third-order valence-corrected chi connectivity index (χ3v) is 8.01. The van der Waals surface area contributed by atoms with E-state index in [1.807, 2.05) is 10.8 Å². The summed E-state index contributed by atoms with van der Waals surface area (Å²) in [6, 6.07) is 7.14. The third-order valence-electron chi connectivity index (χ3n) is 4.66. The summed E-state index contributed by atoms with van der Waals surface area (Å²) >= 11 is 0. The van der Waals surface area contributed by atoms with Gasteiger partial charge in [0.25, 0.3) is 0 Å². The first-order chi connectivity index (χ1) is 17.4. The van der Waals surface area contributed by atoms with E-state index in [9.17, 15) is 9.90 Å². The normalized spacial score (nSPS) is 11.2. The van der Waals surface area contributed by atoms with Gasteiger partial charge in [-0.3, -0.25) is 4.90 Å². The molecule has 10 nitrogen and oxygen atoms in total. The molecule has 0 fully saturated rings. The van der Waals surface area contributed by atoms with Crippen LogP contribution in [0.15, 0.2) is 29.4 Å². The first-order valence-corrected chi connectivity index (χ1v) is 14.4. The van der Waals surface area contributed by atoms with Crippen LogP contribution in [-0.2, 0) is 25.6 Å². The molecule has 36 heavy (non-hydrogen) atoms. The summed E-state index contributed by atoms with van der Waals surface area (Å²) in [5, 5.41) is 12.7. The van der Waals surface area contributed by atoms with Crippen molar-refractivity contribution in [3.63, 3.8) is 0 Å². The summed E-state index contributed by atoms with van der Waals surface area (Å²) in [4.78, 5) is 17.2. The van der Waals surface area contributed by atoms with Gasteiger partial charge >= 0.3 is 6.09 Å². The molecule has 0 unspecified atom stereocenters. The van der Waals surface area contributed by atoms with E-state index in [-0.39, 0.29) is 11.4 Å². The average molecular weight is 545 g/mol. The second-order valence-electron chi connectivity index (χ2n) is 8.34. The van der Waals surface area contributed by atoms with E-state index in [0.29, 0.717) is 65.0 Å². The lowest BCUT2D eigenvalue weighted by Gasteiger charge is -2.27. The van der Waals surface area contributed by atoms with Crippen LogP contribution < -0.4 is 4.90 Å². The molecule has 1 amide bonds. The minimum absolute atomic E-state index is 0.0617. The number of nitrogens with zero attached hydrogens (tertiary/aromatic N) is 4. The van der Waals surface area contributed by atoms with Crippen LogP contribution >= 0.6 is 21.6 Å². The van der Waals surface area contributed by atoms with Crippen molar-refractivity contribution in [2.24, 2.45) is 5.11 Å². The van der Waals surface area contributed by atoms with Gasteiger partial charge in [-0.1, -0.05) is 52.2 Å². The van der Waals surface area contributed by atoms with Crippen molar-refractivity contribution >= 4 is 33.4 Å². The lowest BCUT2D eigenvalue weighted by atomic mass is 10.2. The number of anilines is 1. The zero-order valence-corrected chi connectivity index (χ0v) is 23.2. The molecule has 0 saturated carbocycles. The fraction of sp³-hybridized carbons (Fsp3) is 0.708. The Morgan fingerprint density at radius 1 is 1.08 bits per heavy atom. The number of aliphatic hydroxyl groups excluding tert-OH is 1. The Hall–Kier alpha value is -1.66. The molecule has 0 bridgehead atoms. The lowest BCUT2D eigenvalue weighted by molar-refractivity contribution is 0.0172. The van der Waals surface area contributed by atoms with Crippen molar-refractivity contribution in [2.45, 2.75) is 45.0 Å². The Labute approximate surface area is 222 Å². The molecule has 0 saturated heterocycles. The van der Waals surface area contributed by atoms with E-state index in [0.717, 1.165) is 17.7 Å². The monoisotopic (exact) mass is 544 g/mol.